The number of carbonyl (C=O) groups is 1. The van der Waals surface area contributed by atoms with E-state index in [1.807, 2.05) is 24.3 Å². The molecule has 13 nitrogen and oxygen atoms in total. The van der Waals surface area contributed by atoms with E-state index in [1.54, 1.807) is 24.5 Å². The molecule has 4 heterocycles. The van der Waals surface area contributed by atoms with Gasteiger partial charge in [-0.2, -0.15) is 23.4 Å². The molecule has 0 fully saturated rings. The third-order valence-electron chi connectivity index (χ3n) is 6.93. The maximum Gasteiger partial charge on any atom is 0.471 e. The minimum absolute atomic E-state index is 0.00429. The van der Waals surface area contributed by atoms with Crippen LogP contribution in [0.5, 0.6) is 0 Å². The van der Waals surface area contributed by atoms with Crippen LogP contribution in [0.3, 0.4) is 0 Å². The van der Waals surface area contributed by atoms with Crippen molar-refractivity contribution in [1.29, 1.82) is 0 Å². The average molecular weight is 728 g/mol. The zero-order valence-electron chi connectivity index (χ0n) is 25.7. The molecule has 0 unspecified atom stereocenters. The Morgan fingerprint density at radius 2 is 1.26 bits per heavy atom. The molecule has 18 heteroatoms. The van der Waals surface area contributed by atoms with E-state index in [-0.39, 0.29) is 30.5 Å². The first-order chi connectivity index (χ1) is 24.0. The predicted molar refractivity (Wildman–Crippen MR) is 179 cm³/mol. The Kier molecular flexibility index (Phi) is 11.7. The van der Waals surface area contributed by atoms with E-state index in [2.05, 4.69) is 45.6 Å². The van der Waals surface area contributed by atoms with Gasteiger partial charge in [-0.3, -0.25) is 29.9 Å². The van der Waals surface area contributed by atoms with Crippen molar-refractivity contribution >= 4 is 40.5 Å². The first kappa shape index (κ1) is 35.9. The van der Waals surface area contributed by atoms with Crippen LogP contribution in [0.25, 0.3) is 22.8 Å². The van der Waals surface area contributed by atoms with Gasteiger partial charge in [0, 0.05) is 68.5 Å². The van der Waals surface area contributed by atoms with Crippen molar-refractivity contribution in [3.05, 3.63) is 118 Å². The Hall–Kier alpha value is -5.42. The normalized spacial score (nSPS) is 11.1. The number of alkyl halides is 3. The van der Waals surface area contributed by atoms with E-state index in [0.29, 0.717) is 49.8 Å². The Morgan fingerprint density at radius 3 is 1.78 bits per heavy atom. The number of nitrogens with one attached hydrogen (secondary N) is 3. The fraction of sp³-hybridized carbons (Fsp3) is 0.156. The van der Waals surface area contributed by atoms with Crippen LogP contribution in [0, 0.1) is 0 Å². The molecule has 0 radical (unpaired) electrons. The topological polar surface area (TPSA) is 182 Å². The molecule has 6 rings (SSSR count). The Labute approximate surface area is 292 Å². The minimum Gasteiger partial charge on any atom is -0.392 e. The van der Waals surface area contributed by atoms with Crippen molar-refractivity contribution in [2.75, 3.05) is 10.2 Å². The Bertz CT molecular complexity index is 2020. The second-order valence-corrected chi connectivity index (χ2v) is 11.2. The number of nitrogens with zero attached hydrogens (tertiary/aromatic N) is 7. The van der Waals surface area contributed by atoms with Gasteiger partial charge in [0.15, 0.2) is 11.6 Å². The number of aromatic nitrogens is 8. The van der Waals surface area contributed by atoms with Crippen molar-refractivity contribution in [3.8, 4) is 22.8 Å². The molecule has 1 amide bonds. The van der Waals surface area contributed by atoms with Crippen molar-refractivity contribution in [2.45, 2.75) is 32.5 Å². The van der Waals surface area contributed by atoms with Gasteiger partial charge >= 0.3 is 12.1 Å². The van der Waals surface area contributed by atoms with Gasteiger partial charge in [-0.1, -0.05) is 23.2 Å². The van der Waals surface area contributed by atoms with Crippen LogP contribution in [0.2, 0.25) is 10.0 Å². The monoisotopic (exact) mass is 726 g/mol. The van der Waals surface area contributed by atoms with E-state index in [0.717, 1.165) is 11.3 Å². The fourth-order valence-corrected chi connectivity index (χ4v) is 4.73. The lowest BCUT2D eigenvalue weighted by Gasteiger charge is -2.22. The molecular formula is C32H27Cl2F3N10O3. The van der Waals surface area contributed by atoms with Crippen molar-refractivity contribution in [3.63, 3.8) is 0 Å². The van der Waals surface area contributed by atoms with Gasteiger partial charge in [0.2, 0.25) is 0 Å². The molecule has 2 aromatic carbocycles. The molecule has 0 aliphatic carbocycles. The SMILES string of the molecule is O=C(N(Cc1nc(-c2ccncc2CO)n[nH]1)c1ccc(Cl)cc1)C(F)(F)F.OCc1cnccc1-c1n[nH]c(CNc2ccc(Cl)cc2)n1. The number of H-pyrrole nitrogens is 2. The summed E-state index contributed by atoms with van der Waals surface area (Å²) in [4.78, 5) is 28.9. The number of rotatable bonds is 10. The zero-order valence-corrected chi connectivity index (χ0v) is 27.2. The maximum absolute atomic E-state index is 13.0. The molecule has 50 heavy (non-hydrogen) atoms. The number of carbonyl (C=O) groups excluding carboxylic acids is 1. The van der Waals surface area contributed by atoms with Crippen LogP contribution in [0.1, 0.15) is 22.8 Å². The van der Waals surface area contributed by atoms with Gasteiger partial charge in [-0.15, -0.1) is 0 Å². The van der Waals surface area contributed by atoms with Crippen LogP contribution in [-0.2, 0) is 31.1 Å². The number of amides is 1. The zero-order chi connectivity index (χ0) is 35.7. The van der Waals surface area contributed by atoms with Crippen molar-refractivity contribution < 1.29 is 28.2 Å². The smallest absolute Gasteiger partial charge is 0.392 e. The number of aliphatic hydroxyl groups is 2. The first-order valence-corrected chi connectivity index (χ1v) is 15.4. The molecule has 258 valence electrons. The molecule has 0 spiro atoms. The molecule has 5 N–H and O–H groups in total. The average Bonchev–Trinajstić information content (AvgIpc) is 3.80. The number of pyridine rings is 2. The van der Waals surface area contributed by atoms with Gasteiger partial charge in [0.05, 0.1) is 26.3 Å². The largest absolute Gasteiger partial charge is 0.471 e. The van der Waals surface area contributed by atoms with Crippen LogP contribution in [-0.4, -0.2) is 62.6 Å². The lowest BCUT2D eigenvalue weighted by molar-refractivity contribution is -0.170. The van der Waals surface area contributed by atoms with Crippen LogP contribution in [0.4, 0.5) is 24.5 Å². The number of hydrogen-bond acceptors (Lipinski definition) is 10. The van der Waals surface area contributed by atoms with Gasteiger partial charge in [0.1, 0.15) is 11.6 Å². The van der Waals surface area contributed by atoms with E-state index >= 15 is 0 Å². The standard InChI is InChI=1S/C17H13ClF3N5O2.C15H14ClN5O/c18-11-1-3-12(4-2-11)26(16(28)17(19,20)21)8-14-23-15(25-24-14)13-5-6-22-7-10(13)9-27;16-11-1-3-12(4-2-11)18-8-14-19-15(21-20-14)13-5-6-17-7-10(13)9-22/h1-7,27H,8-9H2,(H,23,24,25);1-7,18,22H,8-9H2,(H,19,20,21). The molecule has 6 aromatic rings. The highest BCUT2D eigenvalue weighted by atomic mass is 35.5. The maximum atomic E-state index is 13.0. The predicted octanol–water partition coefficient (Wildman–Crippen LogP) is 5.73. The van der Waals surface area contributed by atoms with Crippen molar-refractivity contribution in [1.82, 2.24) is 40.3 Å². The van der Waals surface area contributed by atoms with Crippen LogP contribution < -0.4 is 10.2 Å². The molecule has 0 atom stereocenters. The number of aromatic amines is 2. The lowest BCUT2D eigenvalue weighted by Crippen LogP contribution is -2.41. The molecule has 0 saturated heterocycles. The highest BCUT2D eigenvalue weighted by molar-refractivity contribution is 6.31. The number of halogens is 5. The van der Waals surface area contributed by atoms with E-state index in [1.165, 1.54) is 36.7 Å². The van der Waals surface area contributed by atoms with E-state index in [4.69, 9.17) is 23.2 Å². The highest BCUT2D eigenvalue weighted by Gasteiger charge is 2.43. The summed E-state index contributed by atoms with van der Waals surface area (Å²) >= 11 is 11.6. The minimum atomic E-state index is -5.07. The van der Waals surface area contributed by atoms with Gasteiger partial charge in [0.25, 0.3) is 0 Å². The summed E-state index contributed by atoms with van der Waals surface area (Å²) in [6, 6.07) is 16.1. The summed E-state index contributed by atoms with van der Waals surface area (Å²) in [7, 11) is 0. The summed E-state index contributed by atoms with van der Waals surface area (Å²) in [6.45, 7) is -0.396. The highest BCUT2D eigenvalue weighted by Crippen LogP contribution is 2.27. The van der Waals surface area contributed by atoms with Gasteiger partial charge in [-0.05, 0) is 60.7 Å². The fourth-order valence-electron chi connectivity index (χ4n) is 4.48. The Balaban J connectivity index is 0.000000200. The summed E-state index contributed by atoms with van der Waals surface area (Å²) < 4.78 is 39.1. The second kappa shape index (κ2) is 16.3. The van der Waals surface area contributed by atoms with Gasteiger partial charge in [-0.25, -0.2) is 9.97 Å². The number of anilines is 2. The molecule has 0 aliphatic heterocycles. The number of benzene rings is 2. The number of aliphatic hydroxyl groups excluding tert-OH is 2. The van der Waals surface area contributed by atoms with Gasteiger partial charge < -0.3 is 15.5 Å². The third-order valence-corrected chi connectivity index (χ3v) is 7.44. The molecule has 0 aliphatic rings. The summed E-state index contributed by atoms with van der Waals surface area (Å²) in [6.07, 6.45) is 1.09. The van der Waals surface area contributed by atoms with Crippen molar-refractivity contribution in [2.24, 2.45) is 0 Å². The summed E-state index contributed by atoms with van der Waals surface area (Å²) in [5.74, 6) is -0.613. The van der Waals surface area contributed by atoms with E-state index < -0.39 is 18.6 Å². The molecular weight excluding hydrogens is 700 g/mol. The Morgan fingerprint density at radius 1 is 0.760 bits per heavy atom. The quantitative estimate of drug-likeness (QED) is 0.117. The van der Waals surface area contributed by atoms with E-state index in [9.17, 15) is 28.2 Å². The third kappa shape index (κ3) is 9.17. The van der Waals surface area contributed by atoms with Crippen LogP contribution >= 0.6 is 23.2 Å². The van der Waals surface area contributed by atoms with Crippen LogP contribution in [0.15, 0.2) is 85.5 Å². The number of hydrogen-bond donors (Lipinski definition) is 5. The first-order valence-electron chi connectivity index (χ1n) is 14.6. The molecule has 4 aromatic heterocycles. The summed E-state index contributed by atoms with van der Waals surface area (Å²) in [5, 5.41) is 36.5. The molecule has 0 bridgehead atoms. The summed E-state index contributed by atoms with van der Waals surface area (Å²) in [5.41, 5.74) is 3.34. The molecule has 0 saturated carbocycles. The lowest BCUT2D eigenvalue weighted by atomic mass is 10.1. The second-order valence-electron chi connectivity index (χ2n) is 10.3.